The summed E-state index contributed by atoms with van der Waals surface area (Å²) >= 11 is 3.36. The molecule has 26 heavy (non-hydrogen) atoms. The molecule has 0 aromatic heterocycles. The Morgan fingerprint density at radius 3 is 2.46 bits per heavy atom. The fourth-order valence-corrected chi connectivity index (χ4v) is 3.35. The van der Waals surface area contributed by atoms with Crippen LogP contribution in [0.2, 0.25) is 0 Å². The smallest absolute Gasteiger partial charge is 0.319 e. The van der Waals surface area contributed by atoms with E-state index in [1.54, 1.807) is 17.0 Å². The number of nitrogens with one attached hydrogen (secondary N) is 2. The molecule has 0 bridgehead atoms. The van der Waals surface area contributed by atoms with Crippen LogP contribution in [0, 0.1) is 5.92 Å². The Morgan fingerprint density at radius 2 is 1.77 bits per heavy atom. The molecule has 1 heterocycles. The van der Waals surface area contributed by atoms with Gasteiger partial charge in [0.05, 0.1) is 0 Å². The van der Waals surface area contributed by atoms with Crippen LogP contribution in [-0.4, -0.2) is 24.5 Å². The first-order valence-electron chi connectivity index (χ1n) is 8.68. The third-order valence-corrected chi connectivity index (χ3v) is 5.00. The van der Waals surface area contributed by atoms with Gasteiger partial charge in [0.25, 0.3) is 0 Å². The third-order valence-electron chi connectivity index (χ3n) is 4.47. The molecule has 3 rings (SSSR count). The van der Waals surface area contributed by atoms with Crippen molar-refractivity contribution in [2.45, 2.75) is 26.3 Å². The Labute approximate surface area is 161 Å². The summed E-state index contributed by atoms with van der Waals surface area (Å²) in [5.74, 6) is -0.0955. The van der Waals surface area contributed by atoms with Gasteiger partial charge in [0.2, 0.25) is 5.91 Å². The number of hydrogen-bond donors (Lipinski definition) is 2. The standard InChI is InChI=1S/C20H22BrN3O2/c1-13(2)18(23-20(26)22-16-9-7-15(21)8-10-16)19(25)24-12-11-14-5-3-4-6-17(14)24/h3-10,13,18H,11-12H2,1-2H3,(H2,22,23,26)/t18-/m0/s1. The van der Waals surface area contributed by atoms with Gasteiger partial charge in [-0.25, -0.2) is 4.79 Å². The van der Waals surface area contributed by atoms with Crippen molar-refractivity contribution < 1.29 is 9.59 Å². The van der Waals surface area contributed by atoms with Crippen LogP contribution in [0.1, 0.15) is 19.4 Å². The van der Waals surface area contributed by atoms with Crippen molar-refractivity contribution in [1.82, 2.24) is 5.32 Å². The molecular formula is C20H22BrN3O2. The summed E-state index contributed by atoms with van der Waals surface area (Å²) in [6.07, 6.45) is 0.845. The van der Waals surface area contributed by atoms with Crippen molar-refractivity contribution in [3.05, 3.63) is 58.6 Å². The molecule has 1 atom stereocenters. The van der Waals surface area contributed by atoms with Crippen molar-refractivity contribution in [2.75, 3.05) is 16.8 Å². The molecule has 136 valence electrons. The number of para-hydroxylation sites is 1. The molecule has 0 unspecified atom stereocenters. The van der Waals surface area contributed by atoms with E-state index in [4.69, 9.17) is 0 Å². The average molecular weight is 416 g/mol. The summed E-state index contributed by atoms with van der Waals surface area (Å²) in [7, 11) is 0. The third kappa shape index (κ3) is 4.07. The van der Waals surface area contributed by atoms with Gasteiger partial charge >= 0.3 is 6.03 Å². The van der Waals surface area contributed by atoms with Gasteiger partial charge in [-0.2, -0.15) is 0 Å². The first-order chi connectivity index (χ1) is 12.5. The van der Waals surface area contributed by atoms with Gasteiger partial charge in [-0.1, -0.05) is 48.0 Å². The van der Waals surface area contributed by atoms with Crippen LogP contribution in [0.3, 0.4) is 0 Å². The number of nitrogens with zero attached hydrogens (tertiary/aromatic N) is 1. The van der Waals surface area contributed by atoms with Crippen LogP contribution in [-0.2, 0) is 11.2 Å². The number of carbonyl (C=O) groups excluding carboxylic acids is 2. The number of rotatable bonds is 4. The Kier molecular flexibility index (Phi) is 5.61. The van der Waals surface area contributed by atoms with Gasteiger partial charge in [-0.05, 0) is 48.2 Å². The number of halogens is 1. The Bertz CT molecular complexity index is 805. The van der Waals surface area contributed by atoms with Crippen LogP contribution < -0.4 is 15.5 Å². The summed E-state index contributed by atoms with van der Waals surface area (Å²) in [5, 5.41) is 5.61. The van der Waals surface area contributed by atoms with Crippen LogP contribution in [0.15, 0.2) is 53.0 Å². The van der Waals surface area contributed by atoms with Gasteiger partial charge in [-0.15, -0.1) is 0 Å². The van der Waals surface area contributed by atoms with Crippen molar-refractivity contribution >= 4 is 39.2 Å². The van der Waals surface area contributed by atoms with E-state index in [2.05, 4.69) is 26.6 Å². The second-order valence-corrected chi connectivity index (χ2v) is 7.61. The maximum absolute atomic E-state index is 13.1. The van der Waals surface area contributed by atoms with E-state index in [9.17, 15) is 9.59 Å². The van der Waals surface area contributed by atoms with Gasteiger partial charge in [0.1, 0.15) is 6.04 Å². The van der Waals surface area contributed by atoms with Crippen molar-refractivity contribution in [1.29, 1.82) is 0 Å². The van der Waals surface area contributed by atoms with Crippen LogP contribution in [0.25, 0.3) is 0 Å². The Morgan fingerprint density at radius 1 is 1.08 bits per heavy atom. The zero-order valence-corrected chi connectivity index (χ0v) is 16.4. The normalized spacial score (nSPS) is 14.1. The molecule has 1 aliphatic heterocycles. The summed E-state index contributed by atoms with van der Waals surface area (Å²) in [6, 6.07) is 14.2. The molecule has 2 aromatic rings. The van der Waals surface area contributed by atoms with E-state index < -0.39 is 6.04 Å². The lowest BCUT2D eigenvalue weighted by Gasteiger charge is -2.27. The van der Waals surface area contributed by atoms with Crippen LogP contribution in [0.4, 0.5) is 16.2 Å². The summed E-state index contributed by atoms with van der Waals surface area (Å²) in [4.78, 5) is 27.2. The number of carbonyl (C=O) groups is 2. The Hall–Kier alpha value is -2.34. The van der Waals surface area contributed by atoms with Gasteiger partial charge in [0.15, 0.2) is 0 Å². The predicted molar refractivity (Wildman–Crippen MR) is 107 cm³/mol. The van der Waals surface area contributed by atoms with E-state index in [-0.39, 0.29) is 17.9 Å². The molecular weight excluding hydrogens is 394 g/mol. The highest BCUT2D eigenvalue weighted by Crippen LogP contribution is 2.28. The molecule has 0 aliphatic carbocycles. The second-order valence-electron chi connectivity index (χ2n) is 6.70. The SMILES string of the molecule is CC(C)[C@H](NC(=O)Nc1ccc(Br)cc1)C(=O)N1CCc2ccccc21. The van der Waals surface area contributed by atoms with E-state index in [1.807, 2.05) is 50.2 Å². The highest BCUT2D eigenvalue weighted by Gasteiger charge is 2.32. The minimum atomic E-state index is -0.586. The van der Waals surface area contributed by atoms with Crippen molar-refractivity contribution in [3.63, 3.8) is 0 Å². The molecule has 0 spiro atoms. The molecule has 2 N–H and O–H groups in total. The van der Waals surface area contributed by atoms with Crippen LogP contribution in [0.5, 0.6) is 0 Å². The number of hydrogen-bond acceptors (Lipinski definition) is 2. The number of amides is 3. The monoisotopic (exact) mass is 415 g/mol. The lowest BCUT2D eigenvalue weighted by molar-refractivity contribution is -0.121. The molecule has 0 radical (unpaired) electrons. The quantitative estimate of drug-likeness (QED) is 0.786. The lowest BCUT2D eigenvalue weighted by atomic mass is 10.0. The fourth-order valence-electron chi connectivity index (χ4n) is 3.09. The number of fused-ring (bicyclic) bond motifs is 1. The highest BCUT2D eigenvalue weighted by atomic mass is 79.9. The molecule has 5 nitrogen and oxygen atoms in total. The topological polar surface area (TPSA) is 61.4 Å². The summed E-state index contributed by atoms with van der Waals surface area (Å²) in [5.41, 5.74) is 2.79. The summed E-state index contributed by atoms with van der Waals surface area (Å²) < 4.78 is 0.936. The minimum Gasteiger partial charge on any atom is -0.326 e. The van der Waals surface area contributed by atoms with E-state index in [0.29, 0.717) is 12.2 Å². The number of urea groups is 1. The minimum absolute atomic E-state index is 0.0223. The fraction of sp³-hybridized carbons (Fsp3) is 0.300. The summed E-state index contributed by atoms with van der Waals surface area (Å²) in [6.45, 7) is 4.52. The van der Waals surface area contributed by atoms with E-state index in [0.717, 1.165) is 16.6 Å². The molecule has 6 heteroatoms. The van der Waals surface area contributed by atoms with Gasteiger partial charge < -0.3 is 15.5 Å². The first kappa shape index (κ1) is 18.5. The largest absolute Gasteiger partial charge is 0.326 e. The first-order valence-corrected chi connectivity index (χ1v) is 9.47. The molecule has 0 saturated carbocycles. The second kappa shape index (κ2) is 7.91. The average Bonchev–Trinajstić information content (AvgIpc) is 3.05. The maximum atomic E-state index is 13.1. The van der Waals surface area contributed by atoms with E-state index in [1.165, 1.54) is 5.56 Å². The molecule has 2 aromatic carbocycles. The predicted octanol–water partition coefficient (Wildman–Crippen LogP) is 4.18. The lowest BCUT2D eigenvalue weighted by Crippen LogP contribution is -2.52. The molecule has 0 saturated heterocycles. The van der Waals surface area contributed by atoms with E-state index >= 15 is 0 Å². The highest BCUT2D eigenvalue weighted by molar-refractivity contribution is 9.10. The van der Waals surface area contributed by atoms with Gasteiger partial charge in [-0.3, -0.25) is 4.79 Å². The number of anilines is 2. The molecule has 0 fully saturated rings. The van der Waals surface area contributed by atoms with Gasteiger partial charge in [0, 0.05) is 22.4 Å². The molecule has 3 amide bonds. The number of benzene rings is 2. The Balaban J connectivity index is 1.70. The van der Waals surface area contributed by atoms with Crippen LogP contribution >= 0.6 is 15.9 Å². The van der Waals surface area contributed by atoms with Crippen molar-refractivity contribution in [3.8, 4) is 0 Å². The zero-order chi connectivity index (χ0) is 18.7. The maximum Gasteiger partial charge on any atom is 0.319 e. The zero-order valence-electron chi connectivity index (χ0n) is 14.8. The van der Waals surface area contributed by atoms with Crippen molar-refractivity contribution in [2.24, 2.45) is 5.92 Å². The molecule has 1 aliphatic rings.